The van der Waals surface area contributed by atoms with E-state index in [1.807, 2.05) is 0 Å². The molecule has 0 fully saturated rings. The van der Waals surface area contributed by atoms with Crippen LogP contribution in [-0.2, 0) is 16.4 Å². The van der Waals surface area contributed by atoms with Crippen LogP contribution in [0.5, 0.6) is 11.5 Å². The molecule has 0 saturated heterocycles. The van der Waals surface area contributed by atoms with Gasteiger partial charge >= 0.3 is 12.1 Å². The van der Waals surface area contributed by atoms with E-state index in [1.165, 1.54) is 13.8 Å². The monoisotopic (exact) mass is 278 g/mol. The fourth-order valence-electron chi connectivity index (χ4n) is 1.84. The zero-order valence-corrected chi connectivity index (χ0v) is 10.2. The number of halogens is 3. The van der Waals surface area contributed by atoms with Crippen molar-refractivity contribution in [2.45, 2.75) is 31.9 Å². The molecule has 106 valence electrons. The summed E-state index contributed by atoms with van der Waals surface area (Å²) in [5.74, 6) is -2.88. The molecule has 0 atom stereocenters. The molecule has 3 N–H and O–H groups in total. The zero-order chi connectivity index (χ0) is 15.0. The van der Waals surface area contributed by atoms with Gasteiger partial charge in [-0.15, -0.1) is 0 Å². The fourth-order valence-corrected chi connectivity index (χ4v) is 1.84. The summed E-state index contributed by atoms with van der Waals surface area (Å²) in [6.45, 7) is 2.64. The lowest BCUT2D eigenvalue weighted by atomic mass is 9.78. The number of hydrogen-bond acceptors (Lipinski definition) is 3. The summed E-state index contributed by atoms with van der Waals surface area (Å²) in [5.41, 5.74) is -2.88. The number of carbonyl (C=O) groups is 1. The average Bonchev–Trinajstić information content (AvgIpc) is 2.17. The number of hydrogen-bond donors (Lipinski definition) is 3. The van der Waals surface area contributed by atoms with Gasteiger partial charge in [0.2, 0.25) is 0 Å². The van der Waals surface area contributed by atoms with Crippen molar-refractivity contribution in [3.05, 3.63) is 23.3 Å². The van der Waals surface area contributed by atoms with Gasteiger partial charge in [0.15, 0.2) is 11.5 Å². The van der Waals surface area contributed by atoms with Gasteiger partial charge < -0.3 is 15.3 Å². The Kier molecular flexibility index (Phi) is 3.70. The molecule has 1 aromatic carbocycles. The first-order valence-corrected chi connectivity index (χ1v) is 5.30. The molecule has 0 aromatic heterocycles. The van der Waals surface area contributed by atoms with Crippen LogP contribution >= 0.6 is 0 Å². The Balaban J connectivity index is 3.49. The molecule has 0 aliphatic heterocycles. The lowest BCUT2D eigenvalue weighted by Crippen LogP contribution is -2.25. The van der Waals surface area contributed by atoms with Crippen molar-refractivity contribution in [1.29, 1.82) is 0 Å². The number of phenols is 2. The highest BCUT2D eigenvalue weighted by Gasteiger charge is 2.39. The van der Waals surface area contributed by atoms with Gasteiger partial charge in [0.1, 0.15) is 0 Å². The maximum absolute atomic E-state index is 12.9. The van der Waals surface area contributed by atoms with Crippen LogP contribution in [0.4, 0.5) is 13.2 Å². The molecule has 1 rings (SSSR count). The Morgan fingerprint density at radius 3 is 1.89 bits per heavy atom. The number of rotatable bonds is 3. The van der Waals surface area contributed by atoms with Gasteiger partial charge in [0.05, 0.1) is 12.0 Å². The first-order chi connectivity index (χ1) is 8.45. The number of aromatic hydroxyl groups is 2. The predicted octanol–water partition coefficient (Wildman–Crippen LogP) is 2.87. The maximum Gasteiger partial charge on any atom is 0.416 e. The van der Waals surface area contributed by atoms with Crippen LogP contribution in [0.15, 0.2) is 12.1 Å². The average molecular weight is 278 g/mol. The number of alkyl halides is 3. The van der Waals surface area contributed by atoms with Gasteiger partial charge in [-0.2, -0.15) is 13.2 Å². The summed E-state index contributed by atoms with van der Waals surface area (Å²) < 4.78 is 38.7. The van der Waals surface area contributed by atoms with E-state index in [0.29, 0.717) is 6.07 Å². The minimum Gasteiger partial charge on any atom is -0.504 e. The van der Waals surface area contributed by atoms with Crippen LogP contribution in [0.25, 0.3) is 0 Å². The molecule has 1 aromatic rings. The third-order valence-corrected chi connectivity index (χ3v) is 2.74. The van der Waals surface area contributed by atoms with Crippen LogP contribution in [0.2, 0.25) is 0 Å². The van der Waals surface area contributed by atoms with E-state index in [4.69, 9.17) is 10.2 Å². The van der Waals surface area contributed by atoms with Crippen molar-refractivity contribution in [2.24, 2.45) is 0 Å². The first-order valence-electron chi connectivity index (χ1n) is 5.30. The third-order valence-electron chi connectivity index (χ3n) is 2.74. The number of carboxylic acids is 1. The molecule has 0 aliphatic carbocycles. The second kappa shape index (κ2) is 4.64. The standard InChI is InChI=1S/C12H13F3O4/c1-11(2,5-10(18)19)6-3-8(16)9(17)4-7(6)12(13,14)15/h3-4,16-17H,5H2,1-2H3,(H,18,19). The molecule has 0 heterocycles. The van der Waals surface area contributed by atoms with Gasteiger partial charge in [0.25, 0.3) is 0 Å². The van der Waals surface area contributed by atoms with Crippen LogP contribution in [0, 0.1) is 0 Å². The molecule has 0 saturated carbocycles. The van der Waals surface area contributed by atoms with E-state index in [9.17, 15) is 23.1 Å². The van der Waals surface area contributed by atoms with Gasteiger partial charge in [-0.3, -0.25) is 4.79 Å². The van der Waals surface area contributed by atoms with Crippen LogP contribution < -0.4 is 0 Å². The quantitative estimate of drug-likeness (QED) is 0.743. The molecule has 0 spiro atoms. The van der Waals surface area contributed by atoms with E-state index < -0.39 is 41.0 Å². The second-order valence-electron chi connectivity index (χ2n) is 4.84. The summed E-state index contributed by atoms with van der Waals surface area (Å²) in [6.07, 6.45) is -5.30. The highest BCUT2D eigenvalue weighted by molar-refractivity contribution is 5.69. The largest absolute Gasteiger partial charge is 0.504 e. The van der Waals surface area contributed by atoms with Crippen molar-refractivity contribution >= 4 is 5.97 Å². The fraction of sp³-hybridized carbons (Fsp3) is 0.417. The summed E-state index contributed by atoms with van der Waals surface area (Å²) in [7, 11) is 0. The lowest BCUT2D eigenvalue weighted by molar-refractivity contribution is -0.141. The number of benzene rings is 1. The Bertz CT molecular complexity index is 506. The molecule has 0 unspecified atom stereocenters. The van der Waals surface area contributed by atoms with E-state index in [2.05, 4.69) is 0 Å². The molecule has 4 nitrogen and oxygen atoms in total. The van der Waals surface area contributed by atoms with Crippen molar-refractivity contribution < 1.29 is 33.3 Å². The molecule has 0 aliphatic rings. The second-order valence-corrected chi connectivity index (χ2v) is 4.84. The molecular weight excluding hydrogens is 265 g/mol. The van der Waals surface area contributed by atoms with E-state index >= 15 is 0 Å². The van der Waals surface area contributed by atoms with E-state index in [0.717, 1.165) is 6.07 Å². The molecule has 0 amide bonds. The minimum absolute atomic E-state index is 0.377. The van der Waals surface area contributed by atoms with Crippen molar-refractivity contribution in [1.82, 2.24) is 0 Å². The molecule has 0 radical (unpaired) electrons. The predicted molar refractivity (Wildman–Crippen MR) is 60.1 cm³/mol. The third kappa shape index (κ3) is 3.30. The van der Waals surface area contributed by atoms with Crippen LogP contribution in [0.3, 0.4) is 0 Å². The first kappa shape index (κ1) is 15.1. The van der Waals surface area contributed by atoms with Crippen LogP contribution in [0.1, 0.15) is 31.4 Å². The summed E-state index contributed by atoms with van der Waals surface area (Å²) in [4.78, 5) is 10.7. The molecule has 7 heteroatoms. The molecular formula is C12H13F3O4. The number of carboxylic acid groups (broad SMARTS) is 1. The zero-order valence-electron chi connectivity index (χ0n) is 10.2. The van der Waals surface area contributed by atoms with E-state index in [-0.39, 0.29) is 5.56 Å². The van der Waals surface area contributed by atoms with Crippen molar-refractivity contribution in [3.63, 3.8) is 0 Å². The number of phenolic OH excluding ortho intramolecular Hbond substituents is 2. The Morgan fingerprint density at radius 2 is 1.53 bits per heavy atom. The van der Waals surface area contributed by atoms with Crippen molar-refractivity contribution in [3.8, 4) is 11.5 Å². The van der Waals surface area contributed by atoms with Gasteiger partial charge in [-0.25, -0.2) is 0 Å². The molecule has 0 bridgehead atoms. The normalized spacial score (nSPS) is 12.5. The summed E-state index contributed by atoms with van der Waals surface area (Å²) >= 11 is 0. The Morgan fingerprint density at radius 1 is 1.11 bits per heavy atom. The smallest absolute Gasteiger partial charge is 0.416 e. The Hall–Kier alpha value is -1.92. The highest BCUT2D eigenvalue weighted by atomic mass is 19.4. The van der Waals surface area contributed by atoms with E-state index in [1.54, 1.807) is 0 Å². The Labute approximate surface area is 107 Å². The minimum atomic E-state index is -4.75. The van der Waals surface area contributed by atoms with Crippen molar-refractivity contribution in [2.75, 3.05) is 0 Å². The summed E-state index contributed by atoms with van der Waals surface area (Å²) in [6, 6.07) is 1.15. The van der Waals surface area contributed by atoms with Gasteiger partial charge in [-0.1, -0.05) is 13.8 Å². The topological polar surface area (TPSA) is 77.8 Å². The lowest BCUT2D eigenvalue weighted by Gasteiger charge is -2.27. The SMILES string of the molecule is CC(C)(CC(=O)O)c1cc(O)c(O)cc1C(F)(F)F. The van der Waals surface area contributed by atoms with Gasteiger partial charge in [-0.05, 0) is 17.7 Å². The highest BCUT2D eigenvalue weighted by Crippen LogP contribution is 2.43. The summed E-state index contributed by atoms with van der Waals surface area (Å²) in [5, 5.41) is 27.2. The number of aliphatic carboxylic acids is 1. The maximum atomic E-state index is 12.9. The van der Waals surface area contributed by atoms with Crippen LogP contribution in [-0.4, -0.2) is 21.3 Å². The van der Waals surface area contributed by atoms with Gasteiger partial charge in [0, 0.05) is 5.41 Å². The molecule has 19 heavy (non-hydrogen) atoms.